The molecule has 1 fully saturated rings. The van der Waals surface area contributed by atoms with Gasteiger partial charge in [0.15, 0.2) is 11.5 Å². The predicted molar refractivity (Wildman–Crippen MR) is 97.2 cm³/mol. The van der Waals surface area contributed by atoms with E-state index in [4.69, 9.17) is 14.2 Å². The van der Waals surface area contributed by atoms with Crippen LogP contribution >= 0.6 is 0 Å². The first kappa shape index (κ1) is 18.1. The van der Waals surface area contributed by atoms with Crippen LogP contribution in [-0.4, -0.2) is 63.0 Å². The number of pyridine rings is 1. The summed E-state index contributed by atoms with van der Waals surface area (Å²) in [7, 11) is 3.12. The molecule has 140 valence electrons. The Labute approximate surface area is 151 Å². The molecule has 1 aliphatic rings. The average molecular weight is 361 g/mol. The third kappa shape index (κ3) is 3.91. The Hall–Kier alpha value is -2.74. The van der Waals surface area contributed by atoms with Gasteiger partial charge < -0.3 is 29.4 Å². The number of nitrogens with zero attached hydrogens (tertiary/aromatic N) is 1. The number of aromatic nitrogens is 1. The van der Waals surface area contributed by atoms with E-state index in [0.29, 0.717) is 61.8 Å². The zero-order valence-corrected chi connectivity index (χ0v) is 15.0. The maximum absolute atomic E-state index is 12.3. The number of H-pyrrole nitrogens is 1. The monoisotopic (exact) mass is 361 g/mol. The highest BCUT2D eigenvalue weighted by atomic mass is 16.5. The summed E-state index contributed by atoms with van der Waals surface area (Å²) in [6, 6.07) is 5.24. The summed E-state index contributed by atoms with van der Waals surface area (Å²) in [5.74, 6) is 1.15. The fraction of sp³-hybridized carbons (Fsp3) is 0.444. The number of carbonyl (C=O) groups excluding carboxylic acids is 1. The van der Waals surface area contributed by atoms with Crippen LogP contribution in [0.15, 0.2) is 23.0 Å². The standard InChI is InChI=1S/C18H23N3O5/c1-24-15-10-13-9-12(17(22)20-14(13)11-16(15)25-2)3-4-19-18(23)21-5-7-26-8-6-21/h9-11H,3-8H2,1-2H3,(H,19,23)(H,20,22). The van der Waals surface area contributed by atoms with Crippen LogP contribution in [0.2, 0.25) is 0 Å². The molecule has 0 spiro atoms. The van der Waals surface area contributed by atoms with Crippen LogP contribution in [0.5, 0.6) is 11.5 Å². The van der Waals surface area contributed by atoms with Crippen molar-refractivity contribution in [2.75, 3.05) is 47.1 Å². The molecule has 26 heavy (non-hydrogen) atoms. The molecule has 0 radical (unpaired) electrons. The fourth-order valence-corrected chi connectivity index (χ4v) is 2.95. The summed E-state index contributed by atoms with van der Waals surface area (Å²) in [6.45, 7) is 2.68. The minimum absolute atomic E-state index is 0.128. The smallest absolute Gasteiger partial charge is 0.317 e. The van der Waals surface area contributed by atoms with Crippen molar-refractivity contribution in [3.05, 3.63) is 34.1 Å². The van der Waals surface area contributed by atoms with Crippen molar-refractivity contribution in [2.24, 2.45) is 0 Å². The number of hydrogen-bond acceptors (Lipinski definition) is 5. The third-order valence-electron chi connectivity index (χ3n) is 4.39. The SMILES string of the molecule is COc1cc2cc(CCNC(=O)N3CCOCC3)c(=O)[nH]c2cc1OC. The molecule has 8 nitrogen and oxygen atoms in total. The Kier molecular flexibility index (Phi) is 5.62. The predicted octanol–water partition coefficient (Wildman–Crippen LogP) is 1.13. The van der Waals surface area contributed by atoms with E-state index >= 15 is 0 Å². The lowest BCUT2D eigenvalue weighted by molar-refractivity contribution is 0.0533. The van der Waals surface area contributed by atoms with E-state index < -0.39 is 0 Å². The molecule has 0 unspecified atom stereocenters. The first-order valence-electron chi connectivity index (χ1n) is 8.51. The number of methoxy groups -OCH3 is 2. The molecule has 2 N–H and O–H groups in total. The van der Waals surface area contributed by atoms with E-state index in [0.717, 1.165) is 5.39 Å². The van der Waals surface area contributed by atoms with E-state index in [2.05, 4.69) is 10.3 Å². The van der Waals surface area contributed by atoms with Gasteiger partial charge in [-0.25, -0.2) is 4.79 Å². The maximum Gasteiger partial charge on any atom is 0.317 e. The highest BCUT2D eigenvalue weighted by Gasteiger charge is 2.16. The number of aromatic amines is 1. The maximum atomic E-state index is 12.3. The molecule has 1 aromatic heterocycles. The number of rotatable bonds is 5. The first-order chi connectivity index (χ1) is 12.6. The molecule has 2 aromatic rings. The van der Waals surface area contributed by atoms with Gasteiger partial charge in [0, 0.05) is 36.7 Å². The van der Waals surface area contributed by atoms with Crippen LogP contribution < -0.4 is 20.3 Å². The van der Waals surface area contributed by atoms with Gasteiger partial charge in [-0.3, -0.25) is 4.79 Å². The van der Waals surface area contributed by atoms with Crippen LogP contribution in [0.4, 0.5) is 4.79 Å². The molecule has 0 aliphatic carbocycles. The summed E-state index contributed by atoms with van der Waals surface area (Å²) >= 11 is 0. The molecule has 2 heterocycles. The van der Waals surface area contributed by atoms with Gasteiger partial charge in [0.25, 0.3) is 5.56 Å². The van der Waals surface area contributed by atoms with E-state index in [1.807, 2.05) is 12.1 Å². The minimum Gasteiger partial charge on any atom is -0.493 e. The zero-order valence-electron chi connectivity index (χ0n) is 15.0. The Bertz CT molecular complexity index is 843. The fourth-order valence-electron chi connectivity index (χ4n) is 2.95. The molecule has 0 saturated carbocycles. The number of hydrogen-bond donors (Lipinski definition) is 2. The van der Waals surface area contributed by atoms with E-state index in [9.17, 15) is 9.59 Å². The van der Waals surface area contributed by atoms with Crippen molar-refractivity contribution in [2.45, 2.75) is 6.42 Å². The third-order valence-corrected chi connectivity index (χ3v) is 4.39. The van der Waals surface area contributed by atoms with Gasteiger partial charge in [0.2, 0.25) is 0 Å². The largest absolute Gasteiger partial charge is 0.493 e. The highest BCUT2D eigenvalue weighted by Crippen LogP contribution is 2.30. The Balaban J connectivity index is 1.70. The molecule has 0 bridgehead atoms. The minimum atomic E-state index is -0.176. The van der Waals surface area contributed by atoms with Gasteiger partial charge in [0.1, 0.15) is 0 Å². The number of urea groups is 1. The van der Waals surface area contributed by atoms with E-state index in [-0.39, 0.29) is 11.6 Å². The van der Waals surface area contributed by atoms with Crippen molar-refractivity contribution in [1.29, 1.82) is 0 Å². The number of benzene rings is 1. The highest BCUT2D eigenvalue weighted by molar-refractivity contribution is 5.83. The lowest BCUT2D eigenvalue weighted by Crippen LogP contribution is -2.46. The zero-order chi connectivity index (χ0) is 18.5. The van der Waals surface area contributed by atoms with Crippen molar-refractivity contribution in [3.8, 4) is 11.5 Å². The van der Waals surface area contributed by atoms with Crippen LogP contribution in [0.25, 0.3) is 10.9 Å². The molecule has 8 heteroatoms. The van der Waals surface area contributed by atoms with Gasteiger partial charge in [-0.1, -0.05) is 0 Å². The molecule has 1 aromatic carbocycles. The Morgan fingerprint density at radius 2 is 1.88 bits per heavy atom. The Morgan fingerprint density at radius 1 is 1.19 bits per heavy atom. The molecule has 0 atom stereocenters. The first-order valence-corrected chi connectivity index (χ1v) is 8.51. The van der Waals surface area contributed by atoms with Crippen molar-refractivity contribution in [3.63, 3.8) is 0 Å². The molecular formula is C18H23N3O5. The van der Waals surface area contributed by atoms with Crippen LogP contribution in [0.3, 0.4) is 0 Å². The lowest BCUT2D eigenvalue weighted by Gasteiger charge is -2.26. The van der Waals surface area contributed by atoms with Gasteiger partial charge in [-0.2, -0.15) is 0 Å². The lowest BCUT2D eigenvalue weighted by atomic mass is 10.1. The van der Waals surface area contributed by atoms with Gasteiger partial charge in [0.05, 0.1) is 33.0 Å². The number of fused-ring (bicyclic) bond motifs is 1. The van der Waals surface area contributed by atoms with Crippen LogP contribution in [0, 0.1) is 0 Å². The molecular weight excluding hydrogens is 338 g/mol. The van der Waals surface area contributed by atoms with E-state index in [1.165, 1.54) is 0 Å². The summed E-state index contributed by atoms with van der Waals surface area (Å²) in [5, 5.41) is 3.70. The van der Waals surface area contributed by atoms with Gasteiger partial charge >= 0.3 is 6.03 Å². The normalized spacial score (nSPS) is 14.3. The number of morpholine rings is 1. The number of nitrogens with one attached hydrogen (secondary N) is 2. The molecule has 1 saturated heterocycles. The van der Waals surface area contributed by atoms with Crippen LogP contribution in [-0.2, 0) is 11.2 Å². The molecule has 1 aliphatic heterocycles. The summed E-state index contributed by atoms with van der Waals surface area (Å²) in [4.78, 5) is 28.9. The summed E-state index contributed by atoms with van der Waals surface area (Å²) in [6.07, 6.45) is 0.440. The van der Waals surface area contributed by atoms with Gasteiger partial charge in [-0.15, -0.1) is 0 Å². The van der Waals surface area contributed by atoms with Crippen molar-refractivity contribution >= 4 is 16.9 Å². The quantitative estimate of drug-likeness (QED) is 0.833. The summed E-state index contributed by atoms with van der Waals surface area (Å²) < 4.78 is 15.8. The number of amides is 2. The second-order valence-corrected chi connectivity index (χ2v) is 6.00. The van der Waals surface area contributed by atoms with Crippen LogP contribution in [0.1, 0.15) is 5.56 Å². The van der Waals surface area contributed by atoms with Crippen molar-refractivity contribution in [1.82, 2.24) is 15.2 Å². The van der Waals surface area contributed by atoms with Gasteiger partial charge in [-0.05, 0) is 18.6 Å². The number of carbonyl (C=O) groups is 1. The summed E-state index contributed by atoms with van der Waals surface area (Å²) in [5.41, 5.74) is 1.10. The second-order valence-electron chi connectivity index (χ2n) is 6.00. The molecule has 2 amide bonds. The average Bonchev–Trinajstić information content (AvgIpc) is 2.68. The second kappa shape index (κ2) is 8.09. The number of ether oxygens (including phenoxy) is 3. The molecule has 3 rings (SSSR count). The topological polar surface area (TPSA) is 92.9 Å². The van der Waals surface area contributed by atoms with Crippen molar-refractivity contribution < 1.29 is 19.0 Å². The Morgan fingerprint density at radius 3 is 2.58 bits per heavy atom. The van der Waals surface area contributed by atoms with E-state index in [1.54, 1.807) is 25.2 Å².